The van der Waals surface area contributed by atoms with Gasteiger partial charge in [0.1, 0.15) is 0 Å². The van der Waals surface area contributed by atoms with Crippen LogP contribution in [0.1, 0.15) is 11.1 Å². The summed E-state index contributed by atoms with van der Waals surface area (Å²) in [5.74, 6) is 0. The smallest absolute Gasteiger partial charge is 0.166 e. The van der Waals surface area contributed by atoms with Crippen molar-refractivity contribution in [3.05, 3.63) is 81.8 Å². The van der Waals surface area contributed by atoms with E-state index in [1.807, 2.05) is 0 Å². The number of rotatable bonds is 2. The minimum atomic E-state index is -4.59. The van der Waals surface area contributed by atoms with Crippen LogP contribution in [0, 0.1) is 0 Å². The Morgan fingerprint density at radius 1 is 0.464 bits per heavy atom. The van der Waals surface area contributed by atoms with Crippen LogP contribution in [0.15, 0.2) is 60.7 Å². The molecule has 0 heterocycles. The Morgan fingerprint density at radius 2 is 0.750 bits per heavy atom. The summed E-state index contributed by atoms with van der Waals surface area (Å²) in [6.07, 6.45) is -9.19. The Kier molecular flexibility index (Phi) is 5.38. The molecule has 0 spiro atoms. The second-order valence-electron chi connectivity index (χ2n) is 5.96. The van der Waals surface area contributed by atoms with Crippen LogP contribution in [-0.4, -0.2) is 0 Å². The third-order valence-electron chi connectivity index (χ3n) is 4.10. The van der Waals surface area contributed by atoms with Gasteiger partial charge in [-0.15, -0.1) is 0 Å². The van der Waals surface area contributed by atoms with Crippen molar-refractivity contribution in [2.75, 3.05) is 0 Å². The number of alkyl halides is 6. The van der Waals surface area contributed by atoms with Gasteiger partial charge in [-0.3, -0.25) is 0 Å². The summed E-state index contributed by atoms with van der Waals surface area (Å²) >= 11 is 11.2. The van der Waals surface area contributed by atoms with Gasteiger partial charge in [-0.25, -0.2) is 0 Å². The van der Waals surface area contributed by atoms with Crippen molar-refractivity contribution in [3.8, 4) is 22.3 Å². The Bertz CT molecular complexity index is 922. The van der Waals surface area contributed by atoms with Gasteiger partial charge in [0.15, 0.2) is 0 Å². The van der Waals surface area contributed by atoms with E-state index in [9.17, 15) is 26.3 Å². The summed E-state index contributed by atoms with van der Waals surface area (Å²) < 4.78 is 78.1. The molecule has 0 N–H and O–H groups in total. The standard InChI is InChI=1S/C20H10Cl2F6/c21-17-7-5-13(9-15(17)19(23,24)25)11-1-2-12(4-3-11)14-6-8-18(22)16(10-14)20(26,27)28/h1-10H. The topological polar surface area (TPSA) is 0 Å². The first-order chi connectivity index (χ1) is 13.0. The van der Waals surface area contributed by atoms with Gasteiger partial charge in [-0.2, -0.15) is 26.3 Å². The third-order valence-corrected chi connectivity index (χ3v) is 4.75. The third kappa shape index (κ3) is 4.28. The highest BCUT2D eigenvalue weighted by atomic mass is 35.5. The van der Waals surface area contributed by atoms with Crippen LogP contribution in [0.2, 0.25) is 10.0 Å². The monoisotopic (exact) mass is 434 g/mol. The summed E-state index contributed by atoms with van der Waals surface area (Å²) in [5.41, 5.74) is -0.399. The molecule has 0 aliphatic heterocycles. The normalized spacial score (nSPS) is 12.3. The molecule has 0 saturated heterocycles. The van der Waals surface area contributed by atoms with Crippen molar-refractivity contribution in [2.45, 2.75) is 12.4 Å². The molecule has 0 aliphatic rings. The Labute approximate surface area is 166 Å². The molecule has 0 fully saturated rings. The first-order valence-electron chi connectivity index (χ1n) is 7.81. The summed E-state index contributed by atoms with van der Waals surface area (Å²) in [6.45, 7) is 0. The molecule has 0 radical (unpaired) electrons. The molecule has 0 aromatic heterocycles. The van der Waals surface area contributed by atoms with E-state index >= 15 is 0 Å². The molecule has 28 heavy (non-hydrogen) atoms. The summed E-state index contributed by atoms with van der Waals surface area (Å²) in [6, 6.07) is 13.2. The lowest BCUT2D eigenvalue weighted by atomic mass is 9.98. The summed E-state index contributed by atoms with van der Waals surface area (Å²) in [7, 11) is 0. The van der Waals surface area contributed by atoms with E-state index in [-0.39, 0.29) is 11.1 Å². The molecule has 3 aromatic carbocycles. The molecule has 0 aliphatic carbocycles. The van der Waals surface area contributed by atoms with Gasteiger partial charge >= 0.3 is 12.4 Å². The van der Waals surface area contributed by atoms with Crippen LogP contribution in [-0.2, 0) is 12.4 Å². The zero-order valence-corrected chi connectivity index (χ0v) is 15.3. The predicted octanol–water partition coefficient (Wildman–Crippen LogP) is 8.37. The van der Waals surface area contributed by atoms with E-state index in [0.29, 0.717) is 11.1 Å². The zero-order chi connectivity index (χ0) is 20.7. The van der Waals surface area contributed by atoms with Gasteiger partial charge < -0.3 is 0 Å². The average Bonchev–Trinajstić information content (AvgIpc) is 2.61. The molecule has 146 valence electrons. The van der Waals surface area contributed by atoms with Crippen molar-refractivity contribution >= 4 is 23.2 Å². The molecule has 0 saturated carbocycles. The fraction of sp³-hybridized carbons (Fsp3) is 0.100. The number of benzene rings is 3. The van der Waals surface area contributed by atoms with Crippen molar-refractivity contribution in [3.63, 3.8) is 0 Å². The van der Waals surface area contributed by atoms with Gasteiger partial charge in [0, 0.05) is 0 Å². The van der Waals surface area contributed by atoms with Crippen LogP contribution in [0.3, 0.4) is 0 Å². The minimum Gasteiger partial charge on any atom is -0.166 e. The molecule has 0 amide bonds. The van der Waals surface area contributed by atoms with E-state index in [0.717, 1.165) is 24.3 Å². The lowest BCUT2D eigenvalue weighted by molar-refractivity contribution is -0.138. The second-order valence-corrected chi connectivity index (χ2v) is 6.78. The maximum absolute atomic E-state index is 13.0. The molecule has 0 nitrogen and oxygen atoms in total. The fourth-order valence-electron chi connectivity index (χ4n) is 2.70. The van der Waals surface area contributed by atoms with Crippen LogP contribution in [0.5, 0.6) is 0 Å². The lowest BCUT2D eigenvalue weighted by Gasteiger charge is -2.13. The van der Waals surface area contributed by atoms with Crippen molar-refractivity contribution in [2.24, 2.45) is 0 Å². The quantitative estimate of drug-likeness (QED) is 0.355. The highest BCUT2D eigenvalue weighted by molar-refractivity contribution is 6.31. The maximum Gasteiger partial charge on any atom is 0.417 e. The number of hydrogen-bond acceptors (Lipinski definition) is 0. The van der Waals surface area contributed by atoms with E-state index in [4.69, 9.17) is 23.2 Å². The summed E-state index contributed by atoms with van der Waals surface area (Å²) in [5, 5.41) is -0.817. The molecule has 0 bridgehead atoms. The predicted molar refractivity (Wildman–Crippen MR) is 97.3 cm³/mol. The highest BCUT2D eigenvalue weighted by Gasteiger charge is 2.34. The van der Waals surface area contributed by atoms with Crippen LogP contribution in [0.25, 0.3) is 22.3 Å². The molecule has 8 heteroatoms. The first-order valence-corrected chi connectivity index (χ1v) is 8.57. The van der Waals surface area contributed by atoms with Gasteiger partial charge in [-0.1, -0.05) is 59.6 Å². The van der Waals surface area contributed by atoms with E-state index in [1.165, 1.54) is 36.4 Å². The highest BCUT2D eigenvalue weighted by Crippen LogP contribution is 2.39. The molecule has 3 aromatic rings. The number of halogens is 8. The molecule has 3 rings (SSSR count). The van der Waals surface area contributed by atoms with Gasteiger partial charge in [0.05, 0.1) is 21.2 Å². The average molecular weight is 435 g/mol. The van der Waals surface area contributed by atoms with Crippen molar-refractivity contribution < 1.29 is 26.3 Å². The minimum absolute atomic E-state index is 0.287. The molecular formula is C20H10Cl2F6. The van der Waals surface area contributed by atoms with Crippen LogP contribution < -0.4 is 0 Å². The number of hydrogen-bond donors (Lipinski definition) is 0. The molecule has 0 atom stereocenters. The Balaban J connectivity index is 1.97. The van der Waals surface area contributed by atoms with Crippen LogP contribution >= 0.6 is 23.2 Å². The van der Waals surface area contributed by atoms with Crippen LogP contribution in [0.4, 0.5) is 26.3 Å². The van der Waals surface area contributed by atoms with Gasteiger partial charge in [0.25, 0.3) is 0 Å². The van der Waals surface area contributed by atoms with E-state index in [1.54, 1.807) is 0 Å². The largest absolute Gasteiger partial charge is 0.417 e. The van der Waals surface area contributed by atoms with E-state index < -0.39 is 33.5 Å². The zero-order valence-electron chi connectivity index (χ0n) is 13.8. The summed E-state index contributed by atoms with van der Waals surface area (Å²) in [4.78, 5) is 0. The lowest BCUT2D eigenvalue weighted by Crippen LogP contribution is -2.06. The SMILES string of the molecule is FC(F)(F)c1cc(-c2ccc(-c3ccc(Cl)c(C(F)(F)F)c3)cc2)ccc1Cl. The van der Waals surface area contributed by atoms with Crippen molar-refractivity contribution in [1.82, 2.24) is 0 Å². The van der Waals surface area contributed by atoms with Gasteiger partial charge in [-0.05, 0) is 46.5 Å². The first kappa shape index (κ1) is 20.6. The fourth-order valence-corrected chi connectivity index (χ4v) is 3.15. The van der Waals surface area contributed by atoms with Gasteiger partial charge in [0.2, 0.25) is 0 Å². The Morgan fingerprint density at radius 3 is 1.04 bits per heavy atom. The second kappa shape index (κ2) is 7.33. The Hall–Kier alpha value is -2.18. The van der Waals surface area contributed by atoms with E-state index in [2.05, 4.69) is 0 Å². The molecule has 0 unspecified atom stereocenters. The van der Waals surface area contributed by atoms with Crippen molar-refractivity contribution in [1.29, 1.82) is 0 Å². The maximum atomic E-state index is 13.0. The molecular weight excluding hydrogens is 425 g/mol.